The standard InChI is InChI=1S/C18H17BrF4N4O/c1-3-26-17(19)11(9-24-26)6-13-8-16(18(21,22)23)25-27(13)15-5-4-12(20)7-14(15)10(2)28/h4-5,7-10,28H,3,6H2,1-2H3/t10-/m0/s1. The largest absolute Gasteiger partial charge is 0.435 e. The van der Waals surface area contributed by atoms with Gasteiger partial charge < -0.3 is 5.11 Å². The Bertz CT molecular complexity index is 994. The van der Waals surface area contributed by atoms with E-state index >= 15 is 0 Å². The maximum absolute atomic E-state index is 13.6. The number of hydrogen-bond acceptors (Lipinski definition) is 3. The van der Waals surface area contributed by atoms with Crippen LogP contribution in [0.15, 0.2) is 35.1 Å². The Hall–Kier alpha value is -2.20. The van der Waals surface area contributed by atoms with E-state index < -0.39 is 23.8 Å². The molecule has 1 atom stereocenters. The summed E-state index contributed by atoms with van der Waals surface area (Å²) in [5, 5.41) is 17.8. The number of halogens is 5. The van der Waals surface area contributed by atoms with E-state index in [2.05, 4.69) is 26.1 Å². The molecule has 0 aliphatic carbocycles. The summed E-state index contributed by atoms with van der Waals surface area (Å²) < 4.78 is 56.9. The molecule has 10 heteroatoms. The zero-order chi connectivity index (χ0) is 20.6. The van der Waals surface area contributed by atoms with Crippen molar-refractivity contribution < 1.29 is 22.7 Å². The molecule has 0 fully saturated rings. The van der Waals surface area contributed by atoms with Gasteiger partial charge >= 0.3 is 6.18 Å². The fraction of sp³-hybridized carbons (Fsp3) is 0.333. The molecule has 0 unspecified atom stereocenters. The van der Waals surface area contributed by atoms with Gasteiger partial charge in [-0.3, -0.25) is 4.68 Å². The SMILES string of the molecule is CCn1ncc(Cc2cc(C(F)(F)F)nn2-c2ccc(F)cc2[C@H](C)O)c1Br. The monoisotopic (exact) mass is 460 g/mol. The van der Waals surface area contributed by atoms with Gasteiger partial charge in [-0.15, -0.1) is 0 Å². The van der Waals surface area contributed by atoms with Crippen molar-refractivity contribution in [2.45, 2.75) is 39.1 Å². The molecule has 0 saturated heterocycles. The van der Waals surface area contributed by atoms with Crippen LogP contribution >= 0.6 is 15.9 Å². The molecular formula is C18H17BrF4N4O. The molecular weight excluding hydrogens is 444 g/mol. The van der Waals surface area contributed by atoms with E-state index in [0.717, 1.165) is 22.9 Å². The summed E-state index contributed by atoms with van der Waals surface area (Å²) in [5.74, 6) is -0.601. The highest BCUT2D eigenvalue weighted by Crippen LogP contribution is 2.32. The minimum Gasteiger partial charge on any atom is -0.389 e. The fourth-order valence-electron chi connectivity index (χ4n) is 2.89. The number of rotatable bonds is 5. The van der Waals surface area contributed by atoms with Gasteiger partial charge in [-0.1, -0.05) is 0 Å². The molecule has 0 aliphatic heterocycles. The molecule has 2 heterocycles. The van der Waals surface area contributed by atoms with Crippen molar-refractivity contribution in [1.29, 1.82) is 0 Å². The summed E-state index contributed by atoms with van der Waals surface area (Å²) in [7, 11) is 0. The third-order valence-electron chi connectivity index (χ3n) is 4.26. The number of aryl methyl sites for hydroxylation is 1. The Kier molecular flexibility index (Phi) is 5.62. The molecule has 28 heavy (non-hydrogen) atoms. The van der Waals surface area contributed by atoms with Gasteiger partial charge in [-0.2, -0.15) is 23.4 Å². The van der Waals surface area contributed by atoms with Crippen LogP contribution in [-0.4, -0.2) is 24.7 Å². The van der Waals surface area contributed by atoms with E-state index in [4.69, 9.17) is 0 Å². The molecule has 2 aromatic heterocycles. The van der Waals surface area contributed by atoms with E-state index in [0.29, 0.717) is 16.7 Å². The Morgan fingerprint density at radius 2 is 1.96 bits per heavy atom. The van der Waals surface area contributed by atoms with Gasteiger partial charge in [0.15, 0.2) is 5.69 Å². The molecule has 1 aromatic carbocycles. The van der Waals surface area contributed by atoms with Gasteiger partial charge in [0.25, 0.3) is 0 Å². The van der Waals surface area contributed by atoms with Crippen molar-refractivity contribution in [3.05, 3.63) is 63.4 Å². The Labute approximate surface area is 166 Å². The molecule has 1 N–H and O–H groups in total. The van der Waals surface area contributed by atoms with E-state index in [1.165, 1.54) is 13.0 Å². The number of benzene rings is 1. The summed E-state index contributed by atoms with van der Waals surface area (Å²) >= 11 is 3.40. The normalized spacial score (nSPS) is 13.1. The highest BCUT2D eigenvalue weighted by Gasteiger charge is 2.35. The van der Waals surface area contributed by atoms with Gasteiger partial charge in [0.2, 0.25) is 0 Å². The van der Waals surface area contributed by atoms with Gasteiger partial charge in [0.05, 0.1) is 18.0 Å². The van der Waals surface area contributed by atoms with Gasteiger partial charge in [0, 0.05) is 29.8 Å². The van der Waals surface area contributed by atoms with Crippen molar-refractivity contribution in [2.24, 2.45) is 0 Å². The smallest absolute Gasteiger partial charge is 0.389 e. The van der Waals surface area contributed by atoms with Crippen LogP contribution in [0.2, 0.25) is 0 Å². The van der Waals surface area contributed by atoms with Gasteiger partial charge in [-0.05, 0) is 54.0 Å². The maximum Gasteiger partial charge on any atom is 0.435 e. The summed E-state index contributed by atoms with van der Waals surface area (Å²) in [5.41, 5.74) is 0.166. The van der Waals surface area contributed by atoms with E-state index in [1.54, 1.807) is 10.9 Å². The maximum atomic E-state index is 13.6. The van der Waals surface area contributed by atoms with Crippen LogP contribution in [0.4, 0.5) is 17.6 Å². The van der Waals surface area contributed by atoms with Crippen molar-refractivity contribution in [1.82, 2.24) is 19.6 Å². The van der Waals surface area contributed by atoms with E-state index in [-0.39, 0.29) is 23.4 Å². The zero-order valence-corrected chi connectivity index (χ0v) is 16.6. The van der Waals surface area contributed by atoms with Crippen LogP contribution in [0.1, 0.15) is 42.5 Å². The van der Waals surface area contributed by atoms with Crippen LogP contribution in [-0.2, 0) is 19.1 Å². The minimum absolute atomic E-state index is 0.111. The first kappa shape index (κ1) is 20.5. The highest BCUT2D eigenvalue weighted by atomic mass is 79.9. The quantitative estimate of drug-likeness (QED) is 0.563. The molecule has 0 spiro atoms. The average molecular weight is 461 g/mol. The molecule has 0 radical (unpaired) electrons. The Balaban J connectivity index is 2.15. The van der Waals surface area contributed by atoms with Gasteiger partial charge in [-0.25, -0.2) is 9.07 Å². The first-order valence-corrected chi connectivity index (χ1v) is 9.25. The second kappa shape index (κ2) is 7.67. The predicted octanol–water partition coefficient (Wildman–Crippen LogP) is 4.65. The third kappa shape index (κ3) is 3.97. The molecule has 5 nitrogen and oxygen atoms in total. The van der Waals surface area contributed by atoms with Crippen molar-refractivity contribution in [3.8, 4) is 5.69 Å². The lowest BCUT2D eigenvalue weighted by Gasteiger charge is -2.15. The van der Waals surface area contributed by atoms with Crippen molar-refractivity contribution in [2.75, 3.05) is 0 Å². The Morgan fingerprint density at radius 3 is 2.54 bits per heavy atom. The number of aliphatic hydroxyl groups is 1. The lowest BCUT2D eigenvalue weighted by molar-refractivity contribution is -0.141. The number of aromatic nitrogens is 4. The minimum atomic E-state index is -4.64. The summed E-state index contributed by atoms with van der Waals surface area (Å²) in [6, 6.07) is 4.46. The first-order chi connectivity index (χ1) is 13.1. The lowest BCUT2D eigenvalue weighted by Crippen LogP contribution is -2.10. The first-order valence-electron chi connectivity index (χ1n) is 8.46. The van der Waals surface area contributed by atoms with Crippen LogP contribution in [0.25, 0.3) is 5.69 Å². The summed E-state index contributed by atoms with van der Waals surface area (Å²) in [6.45, 7) is 3.90. The number of aliphatic hydroxyl groups excluding tert-OH is 1. The Morgan fingerprint density at radius 1 is 1.25 bits per heavy atom. The summed E-state index contributed by atoms with van der Waals surface area (Å²) in [4.78, 5) is 0. The number of hydrogen-bond donors (Lipinski definition) is 1. The lowest BCUT2D eigenvalue weighted by atomic mass is 10.1. The zero-order valence-electron chi connectivity index (χ0n) is 15.0. The second-order valence-electron chi connectivity index (χ2n) is 6.26. The fourth-order valence-corrected chi connectivity index (χ4v) is 3.47. The predicted molar refractivity (Wildman–Crippen MR) is 97.6 cm³/mol. The van der Waals surface area contributed by atoms with Gasteiger partial charge in [0.1, 0.15) is 10.4 Å². The van der Waals surface area contributed by atoms with Crippen LogP contribution in [0, 0.1) is 5.82 Å². The molecule has 150 valence electrons. The molecule has 0 amide bonds. The topological polar surface area (TPSA) is 55.9 Å². The van der Waals surface area contributed by atoms with E-state index in [9.17, 15) is 22.7 Å². The van der Waals surface area contributed by atoms with Crippen LogP contribution in [0.3, 0.4) is 0 Å². The van der Waals surface area contributed by atoms with E-state index in [1.807, 2.05) is 6.92 Å². The molecule has 3 aromatic rings. The number of alkyl halides is 3. The number of nitrogens with zero attached hydrogens (tertiary/aromatic N) is 4. The highest BCUT2D eigenvalue weighted by molar-refractivity contribution is 9.10. The molecule has 0 saturated carbocycles. The van der Waals surface area contributed by atoms with Crippen molar-refractivity contribution >= 4 is 15.9 Å². The van der Waals surface area contributed by atoms with Crippen LogP contribution in [0.5, 0.6) is 0 Å². The average Bonchev–Trinajstić information content (AvgIpc) is 3.19. The molecule has 0 aliphatic rings. The van der Waals surface area contributed by atoms with Crippen molar-refractivity contribution in [3.63, 3.8) is 0 Å². The third-order valence-corrected chi connectivity index (χ3v) is 5.18. The summed E-state index contributed by atoms with van der Waals surface area (Å²) in [6.07, 6.45) is -4.05. The molecule has 0 bridgehead atoms. The van der Waals surface area contributed by atoms with Crippen LogP contribution < -0.4 is 0 Å². The molecule has 3 rings (SSSR count). The second-order valence-corrected chi connectivity index (χ2v) is 7.01.